The van der Waals surface area contributed by atoms with Crippen LogP contribution in [-0.4, -0.2) is 23.8 Å². The lowest BCUT2D eigenvalue weighted by molar-refractivity contribution is 0.565. The van der Waals surface area contributed by atoms with Gasteiger partial charge in [0, 0.05) is 17.6 Å². The van der Waals surface area contributed by atoms with Crippen molar-refractivity contribution >= 4 is 37.9 Å². The summed E-state index contributed by atoms with van der Waals surface area (Å²) in [7, 11) is -3.62. The number of thiazole rings is 1. The monoisotopic (exact) mass is 279 g/mol. The molecule has 2 aromatic heterocycles. The van der Waals surface area contributed by atoms with Crippen molar-refractivity contribution in [3.63, 3.8) is 0 Å². The Labute approximate surface area is 102 Å². The molecule has 0 aliphatic carbocycles. The van der Waals surface area contributed by atoms with Gasteiger partial charge in [-0.2, -0.15) is 0 Å². The highest BCUT2D eigenvalue weighted by Gasteiger charge is 2.25. The number of rotatable bonds is 3. The molecule has 0 unspecified atom stereocenters. The minimum absolute atomic E-state index is 0.000000000000000444. The van der Waals surface area contributed by atoms with Crippen molar-refractivity contribution < 1.29 is 8.42 Å². The Balaban J connectivity index is 2.62. The number of sulfonamides is 1. The van der Waals surface area contributed by atoms with Crippen LogP contribution in [0.5, 0.6) is 0 Å². The fourth-order valence-electron chi connectivity index (χ4n) is 1.35. The molecule has 5 nitrogen and oxygen atoms in total. The van der Waals surface area contributed by atoms with Gasteiger partial charge in [0.05, 0.1) is 0 Å². The van der Waals surface area contributed by atoms with Crippen LogP contribution in [0.4, 0.5) is 0 Å². The number of aromatic nitrogens is 2. The van der Waals surface area contributed by atoms with E-state index in [-0.39, 0.29) is 16.2 Å². The van der Waals surface area contributed by atoms with E-state index in [0.29, 0.717) is 4.96 Å². The predicted octanol–water partition coefficient (Wildman–Crippen LogP) is 1.74. The average Bonchev–Trinajstić information content (AvgIpc) is 2.58. The molecule has 0 spiro atoms. The first-order valence-corrected chi connectivity index (χ1v) is 7.29. The summed E-state index contributed by atoms with van der Waals surface area (Å²) in [6.45, 7) is 3.49. The zero-order chi connectivity index (χ0) is 11.9. The summed E-state index contributed by atoms with van der Waals surface area (Å²) >= 11 is 7.17. The maximum absolute atomic E-state index is 12.0. The normalized spacial score (nSPS) is 12.8. The van der Waals surface area contributed by atoms with Crippen LogP contribution >= 0.6 is 22.9 Å². The molecule has 0 atom stereocenters. The van der Waals surface area contributed by atoms with Crippen LogP contribution in [0, 0.1) is 0 Å². The van der Waals surface area contributed by atoms with Crippen molar-refractivity contribution in [1.29, 1.82) is 0 Å². The summed E-state index contributed by atoms with van der Waals surface area (Å²) < 4.78 is 27.9. The van der Waals surface area contributed by atoms with E-state index >= 15 is 0 Å². The van der Waals surface area contributed by atoms with E-state index in [1.807, 2.05) is 0 Å². The zero-order valence-corrected chi connectivity index (χ0v) is 11.0. The van der Waals surface area contributed by atoms with E-state index in [0.717, 1.165) is 0 Å². The Kier molecular flexibility index (Phi) is 2.95. The average molecular weight is 280 g/mol. The van der Waals surface area contributed by atoms with E-state index in [2.05, 4.69) is 9.71 Å². The van der Waals surface area contributed by atoms with Crippen molar-refractivity contribution in [2.24, 2.45) is 0 Å². The highest BCUT2D eigenvalue weighted by molar-refractivity contribution is 7.89. The maximum Gasteiger partial charge on any atom is 0.260 e. The third kappa shape index (κ3) is 1.95. The van der Waals surface area contributed by atoms with Gasteiger partial charge in [0.1, 0.15) is 0 Å². The Morgan fingerprint density at radius 2 is 2.25 bits per heavy atom. The molecule has 2 rings (SSSR count). The summed E-state index contributed by atoms with van der Waals surface area (Å²) in [5, 5.41) is 1.76. The van der Waals surface area contributed by atoms with Crippen molar-refractivity contribution in [2.75, 3.05) is 0 Å². The van der Waals surface area contributed by atoms with E-state index in [1.54, 1.807) is 25.4 Å². The lowest BCUT2D eigenvalue weighted by atomic mass is 10.4. The van der Waals surface area contributed by atoms with Crippen LogP contribution in [0.2, 0.25) is 5.15 Å². The summed E-state index contributed by atoms with van der Waals surface area (Å²) in [6.07, 6.45) is 1.63. The Bertz CT molecular complexity index is 614. The van der Waals surface area contributed by atoms with Crippen molar-refractivity contribution in [3.8, 4) is 0 Å². The van der Waals surface area contributed by atoms with Crippen LogP contribution in [0.15, 0.2) is 16.6 Å². The molecule has 0 aliphatic heterocycles. The summed E-state index contributed by atoms with van der Waals surface area (Å²) in [6, 6.07) is -0.190. The molecule has 8 heteroatoms. The van der Waals surface area contributed by atoms with Gasteiger partial charge in [0.2, 0.25) is 0 Å². The molecule has 0 radical (unpaired) electrons. The third-order valence-corrected chi connectivity index (χ3v) is 4.64. The second-order valence-electron chi connectivity index (χ2n) is 3.54. The van der Waals surface area contributed by atoms with Gasteiger partial charge in [-0.05, 0) is 13.8 Å². The first kappa shape index (κ1) is 11.8. The maximum atomic E-state index is 12.0. The van der Waals surface area contributed by atoms with Gasteiger partial charge in [0.25, 0.3) is 10.0 Å². The smallest absolute Gasteiger partial charge is 0.260 e. The quantitative estimate of drug-likeness (QED) is 0.931. The number of nitrogens with zero attached hydrogens (tertiary/aromatic N) is 2. The van der Waals surface area contributed by atoms with Crippen LogP contribution in [0.25, 0.3) is 4.96 Å². The molecule has 0 saturated heterocycles. The highest BCUT2D eigenvalue weighted by atomic mass is 35.5. The molecule has 2 heterocycles. The summed E-state index contributed by atoms with van der Waals surface area (Å²) in [4.78, 5) is 4.54. The molecular formula is C8H10ClN3O2S2. The van der Waals surface area contributed by atoms with Crippen molar-refractivity contribution in [1.82, 2.24) is 14.1 Å². The molecule has 2 aromatic rings. The molecule has 0 saturated carbocycles. The predicted molar refractivity (Wildman–Crippen MR) is 63.5 cm³/mol. The van der Waals surface area contributed by atoms with Crippen molar-refractivity contribution in [3.05, 3.63) is 16.7 Å². The molecule has 88 valence electrons. The Morgan fingerprint density at radius 1 is 1.56 bits per heavy atom. The molecule has 0 bridgehead atoms. The standard InChI is InChI=1S/C8H10ClN3O2S2/c1-5(2)11-16(13,14)7-6(9)10-8-12(7)3-4-15-8/h3-5,11H,1-2H3. The van der Waals surface area contributed by atoms with Gasteiger partial charge in [0.15, 0.2) is 15.1 Å². The number of hydrogen-bond acceptors (Lipinski definition) is 4. The van der Waals surface area contributed by atoms with Gasteiger partial charge >= 0.3 is 0 Å². The fourth-order valence-corrected chi connectivity index (χ4v) is 4.05. The highest BCUT2D eigenvalue weighted by Crippen LogP contribution is 2.25. The lowest BCUT2D eigenvalue weighted by Gasteiger charge is -2.08. The number of nitrogens with one attached hydrogen (secondary N) is 1. The molecule has 0 amide bonds. The van der Waals surface area contributed by atoms with E-state index < -0.39 is 10.0 Å². The fraction of sp³-hybridized carbons (Fsp3) is 0.375. The van der Waals surface area contributed by atoms with Crippen LogP contribution in [0.3, 0.4) is 0 Å². The summed E-state index contributed by atoms with van der Waals surface area (Å²) in [5.74, 6) is 0. The largest absolute Gasteiger partial charge is 0.279 e. The van der Waals surface area contributed by atoms with E-state index in [4.69, 9.17) is 11.6 Å². The molecule has 0 fully saturated rings. The first-order valence-electron chi connectivity index (χ1n) is 4.55. The minimum atomic E-state index is -3.62. The zero-order valence-electron chi connectivity index (χ0n) is 8.64. The van der Waals surface area contributed by atoms with Gasteiger partial charge in [-0.3, -0.25) is 4.40 Å². The third-order valence-electron chi connectivity index (χ3n) is 1.82. The minimum Gasteiger partial charge on any atom is -0.279 e. The number of fused-ring (bicyclic) bond motifs is 1. The van der Waals surface area contributed by atoms with E-state index in [1.165, 1.54) is 15.7 Å². The Morgan fingerprint density at radius 3 is 2.88 bits per heavy atom. The topological polar surface area (TPSA) is 63.5 Å². The van der Waals surface area contributed by atoms with Gasteiger partial charge < -0.3 is 0 Å². The van der Waals surface area contributed by atoms with Crippen LogP contribution in [0.1, 0.15) is 13.8 Å². The van der Waals surface area contributed by atoms with Gasteiger partial charge in [-0.25, -0.2) is 18.1 Å². The second kappa shape index (κ2) is 3.99. The molecule has 0 aromatic carbocycles. The number of imidazole rings is 1. The van der Waals surface area contributed by atoms with Crippen molar-refractivity contribution in [2.45, 2.75) is 24.9 Å². The summed E-state index contributed by atoms with van der Waals surface area (Å²) in [5.41, 5.74) is 0. The van der Waals surface area contributed by atoms with Gasteiger partial charge in [-0.15, -0.1) is 11.3 Å². The van der Waals surface area contributed by atoms with Crippen LogP contribution < -0.4 is 4.72 Å². The molecular weight excluding hydrogens is 270 g/mol. The van der Waals surface area contributed by atoms with Crippen LogP contribution in [-0.2, 0) is 10.0 Å². The Hall–Kier alpha value is -0.630. The number of halogens is 1. The van der Waals surface area contributed by atoms with Gasteiger partial charge in [-0.1, -0.05) is 11.6 Å². The van der Waals surface area contributed by atoms with E-state index in [9.17, 15) is 8.42 Å². The molecule has 0 aliphatic rings. The lowest BCUT2D eigenvalue weighted by Crippen LogP contribution is -2.31. The number of hydrogen-bond donors (Lipinski definition) is 1. The molecule has 16 heavy (non-hydrogen) atoms. The molecule has 1 N–H and O–H groups in total. The second-order valence-corrected chi connectivity index (χ2v) is 6.40. The first-order chi connectivity index (χ1) is 7.42. The SMILES string of the molecule is CC(C)NS(=O)(=O)c1c(Cl)nc2sccn12.